The Morgan fingerprint density at radius 2 is 1.00 bits per heavy atom. The molecule has 0 bridgehead atoms. The van der Waals surface area contributed by atoms with Crippen molar-refractivity contribution in [1.29, 1.82) is 0 Å². The summed E-state index contributed by atoms with van der Waals surface area (Å²) in [5.74, 6) is 0. The average molecular weight is 541 g/mol. The van der Waals surface area contributed by atoms with Crippen LogP contribution >= 0.6 is 11.8 Å². The lowest BCUT2D eigenvalue weighted by Gasteiger charge is -2.45. The molecule has 0 spiro atoms. The highest BCUT2D eigenvalue weighted by Gasteiger charge is 2.47. The van der Waals surface area contributed by atoms with Crippen LogP contribution in [-0.2, 0) is 38.8 Å². The van der Waals surface area contributed by atoms with E-state index in [2.05, 4.69) is 74.5 Å². The first-order valence-electron chi connectivity index (χ1n) is 13.5. The smallest absolute Gasteiger partial charge is 0.136 e. The summed E-state index contributed by atoms with van der Waals surface area (Å²) in [4.78, 5) is 1.14. The molecule has 1 heterocycles. The Morgan fingerprint density at radius 3 is 1.49 bits per heavy atom. The van der Waals surface area contributed by atoms with Crippen molar-refractivity contribution in [3.05, 3.63) is 138 Å². The quantitative estimate of drug-likeness (QED) is 0.196. The Balaban J connectivity index is 1.42. The van der Waals surface area contributed by atoms with Crippen LogP contribution in [0.4, 0.5) is 0 Å². The molecule has 0 N–H and O–H groups in total. The molecule has 202 valence electrons. The lowest BCUT2D eigenvalue weighted by atomic mass is 9.99. The van der Waals surface area contributed by atoms with Gasteiger partial charge >= 0.3 is 0 Å². The first kappa shape index (κ1) is 27.6. The van der Waals surface area contributed by atoms with E-state index >= 15 is 0 Å². The van der Waals surface area contributed by atoms with E-state index in [4.69, 9.17) is 18.9 Å². The molecule has 1 fully saturated rings. The lowest BCUT2D eigenvalue weighted by Crippen LogP contribution is -2.58. The number of aryl methyl sites for hydroxylation is 1. The summed E-state index contributed by atoms with van der Waals surface area (Å²) >= 11 is 1.68. The van der Waals surface area contributed by atoms with Crippen LogP contribution in [0.15, 0.2) is 120 Å². The highest BCUT2D eigenvalue weighted by atomic mass is 32.2. The minimum absolute atomic E-state index is 0.186. The number of benzene rings is 4. The Bertz CT molecular complexity index is 1250. The third kappa shape index (κ3) is 7.81. The van der Waals surface area contributed by atoms with Crippen LogP contribution in [0, 0.1) is 6.92 Å². The van der Waals surface area contributed by atoms with Crippen molar-refractivity contribution in [3.63, 3.8) is 0 Å². The maximum absolute atomic E-state index is 6.69. The predicted octanol–water partition coefficient (Wildman–Crippen LogP) is 7.59. The van der Waals surface area contributed by atoms with E-state index in [0.717, 1.165) is 21.6 Å². The highest BCUT2D eigenvalue weighted by Crippen LogP contribution is 2.38. The predicted molar refractivity (Wildman–Crippen MR) is 156 cm³/mol. The van der Waals surface area contributed by atoms with Gasteiger partial charge in [-0.25, -0.2) is 0 Å². The molecule has 39 heavy (non-hydrogen) atoms. The molecule has 5 heteroatoms. The molecule has 4 aromatic carbocycles. The standard InChI is InChI=1S/C34H36O4S/c1-25-18-20-30(21-19-25)39-34-33(37-24-29-16-10-5-11-17-29)32(36-23-28-14-8-4-9-15-28)31(26(2)38-34)35-22-27-12-6-3-7-13-27/h3-21,26,31-34H,22-24H2,1-2H3/t26-,31-,32+,33+,34+/m1/s1. The normalized spacial score (nSPS) is 23.0. The van der Waals surface area contributed by atoms with Gasteiger partial charge in [-0.3, -0.25) is 0 Å². The molecule has 0 amide bonds. The van der Waals surface area contributed by atoms with Crippen molar-refractivity contribution >= 4 is 11.8 Å². The van der Waals surface area contributed by atoms with Gasteiger partial charge in [-0.1, -0.05) is 120 Å². The van der Waals surface area contributed by atoms with Crippen LogP contribution in [0.25, 0.3) is 0 Å². The molecule has 1 aliphatic heterocycles. The second-order valence-electron chi connectivity index (χ2n) is 9.92. The topological polar surface area (TPSA) is 36.9 Å². The minimum atomic E-state index is -0.350. The van der Waals surface area contributed by atoms with Gasteiger partial charge in [0.1, 0.15) is 23.7 Å². The van der Waals surface area contributed by atoms with Crippen molar-refractivity contribution in [2.45, 2.75) is 68.4 Å². The van der Waals surface area contributed by atoms with Crippen molar-refractivity contribution in [2.75, 3.05) is 0 Å². The molecule has 0 unspecified atom stereocenters. The van der Waals surface area contributed by atoms with Gasteiger partial charge in [0.15, 0.2) is 0 Å². The fraction of sp³-hybridized carbons (Fsp3) is 0.294. The molecule has 5 atom stereocenters. The summed E-state index contributed by atoms with van der Waals surface area (Å²) in [6, 6.07) is 39.3. The molecule has 5 rings (SSSR count). The summed E-state index contributed by atoms with van der Waals surface area (Å²) in [6.07, 6.45) is -1.17. The molecular formula is C34H36O4S. The van der Waals surface area contributed by atoms with E-state index in [1.807, 2.05) is 54.6 Å². The molecule has 4 nitrogen and oxygen atoms in total. The maximum Gasteiger partial charge on any atom is 0.136 e. The fourth-order valence-electron chi connectivity index (χ4n) is 4.71. The molecule has 0 aliphatic carbocycles. The summed E-state index contributed by atoms with van der Waals surface area (Å²) in [6.45, 7) is 5.58. The summed E-state index contributed by atoms with van der Waals surface area (Å²) < 4.78 is 26.5. The second kappa shape index (κ2) is 13.9. The van der Waals surface area contributed by atoms with Crippen LogP contribution in [0.3, 0.4) is 0 Å². The van der Waals surface area contributed by atoms with Crippen molar-refractivity contribution in [1.82, 2.24) is 0 Å². The lowest BCUT2D eigenvalue weighted by molar-refractivity contribution is -0.242. The van der Waals surface area contributed by atoms with Crippen molar-refractivity contribution in [2.24, 2.45) is 0 Å². The van der Waals surface area contributed by atoms with E-state index in [1.54, 1.807) is 11.8 Å². The minimum Gasteiger partial charge on any atom is -0.368 e. The first-order valence-corrected chi connectivity index (χ1v) is 14.4. The first-order chi connectivity index (χ1) is 19.2. The van der Waals surface area contributed by atoms with E-state index < -0.39 is 0 Å². The van der Waals surface area contributed by atoms with E-state index in [9.17, 15) is 0 Å². The maximum atomic E-state index is 6.69. The Kier molecular flexibility index (Phi) is 9.86. The molecule has 0 radical (unpaired) electrons. The van der Waals surface area contributed by atoms with Gasteiger partial charge < -0.3 is 18.9 Å². The third-order valence-corrected chi connectivity index (χ3v) is 8.01. The largest absolute Gasteiger partial charge is 0.368 e. The van der Waals surface area contributed by atoms with Crippen LogP contribution in [0.5, 0.6) is 0 Å². The van der Waals surface area contributed by atoms with Gasteiger partial charge in [-0.05, 0) is 42.7 Å². The fourth-order valence-corrected chi connectivity index (χ4v) is 5.87. The summed E-state index contributed by atoms with van der Waals surface area (Å²) in [7, 11) is 0. The Hall–Kier alpha value is -2.93. The van der Waals surface area contributed by atoms with E-state index in [-0.39, 0.29) is 29.9 Å². The molecule has 0 saturated carbocycles. The summed E-state index contributed by atoms with van der Waals surface area (Å²) in [5.41, 5.74) is 4.31. The highest BCUT2D eigenvalue weighted by molar-refractivity contribution is 7.99. The van der Waals surface area contributed by atoms with Crippen LogP contribution < -0.4 is 0 Å². The van der Waals surface area contributed by atoms with Gasteiger partial charge in [-0.2, -0.15) is 0 Å². The van der Waals surface area contributed by atoms with Crippen molar-refractivity contribution in [3.8, 4) is 0 Å². The van der Waals surface area contributed by atoms with Crippen molar-refractivity contribution < 1.29 is 18.9 Å². The van der Waals surface area contributed by atoms with E-state index in [1.165, 1.54) is 5.56 Å². The molecule has 4 aromatic rings. The van der Waals surface area contributed by atoms with Crippen LogP contribution in [-0.4, -0.2) is 29.9 Å². The van der Waals surface area contributed by atoms with Gasteiger partial charge in [-0.15, -0.1) is 0 Å². The van der Waals surface area contributed by atoms with Gasteiger partial charge in [0.2, 0.25) is 0 Å². The average Bonchev–Trinajstić information content (AvgIpc) is 2.98. The zero-order valence-electron chi connectivity index (χ0n) is 22.5. The Morgan fingerprint density at radius 1 is 0.564 bits per heavy atom. The molecule has 0 aromatic heterocycles. The number of thioether (sulfide) groups is 1. The zero-order valence-corrected chi connectivity index (χ0v) is 23.3. The summed E-state index contributed by atoms with van der Waals surface area (Å²) in [5, 5.41) is 0. The van der Waals surface area contributed by atoms with Crippen LogP contribution in [0.2, 0.25) is 0 Å². The van der Waals surface area contributed by atoms with Crippen LogP contribution in [0.1, 0.15) is 29.2 Å². The molecule has 1 saturated heterocycles. The van der Waals surface area contributed by atoms with E-state index in [0.29, 0.717) is 19.8 Å². The molecule has 1 aliphatic rings. The Labute approximate surface area is 236 Å². The number of ether oxygens (including phenoxy) is 4. The van der Waals surface area contributed by atoms with Gasteiger partial charge in [0.05, 0.1) is 25.9 Å². The SMILES string of the molecule is Cc1ccc(S[C@@H]2O[C@H](C)[C@@H](OCc3ccccc3)[C@H](OCc3ccccc3)[C@@H]2OCc2ccccc2)cc1. The number of hydrogen-bond acceptors (Lipinski definition) is 5. The monoisotopic (exact) mass is 540 g/mol. The number of rotatable bonds is 11. The van der Waals surface area contributed by atoms with Gasteiger partial charge in [0.25, 0.3) is 0 Å². The zero-order chi connectivity index (χ0) is 26.9. The van der Waals surface area contributed by atoms with Gasteiger partial charge in [0, 0.05) is 4.90 Å². The third-order valence-electron chi connectivity index (χ3n) is 6.86. The number of hydrogen-bond donors (Lipinski definition) is 0. The second-order valence-corrected chi connectivity index (χ2v) is 11.1. The molecular weight excluding hydrogens is 504 g/mol.